The number of anilines is 2. The number of carbonyl (C=O) groups is 4. The molecule has 2 aromatic carbocycles. The third-order valence-electron chi connectivity index (χ3n) is 4.47. The molecule has 0 N–H and O–H groups in total. The molecule has 0 aromatic heterocycles. The highest BCUT2D eigenvalue weighted by molar-refractivity contribution is 7.91. The molecule has 4 amide bonds. The summed E-state index contributed by atoms with van der Waals surface area (Å²) in [6.07, 6.45) is 3.77. The molecule has 2 aliphatic heterocycles. The summed E-state index contributed by atoms with van der Waals surface area (Å²) in [5.74, 6) is -5.27. The number of benzene rings is 2. The van der Waals surface area contributed by atoms with Gasteiger partial charge in [-0.05, 0) is 36.4 Å². The van der Waals surface area contributed by atoms with Crippen LogP contribution in [0.1, 0.15) is 0 Å². The molecular formula is C20H10F2N2O6S. The van der Waals surface area contributed by atoms with Crippen LogP contribution in [0.15, 0.2) is 70.5 Å². The summed E-state index contributed by atoms with van der Waals surface area (Å²) in [6, 6.07) is 4.64. The molecule has 2 heterocycles. The van der Waals surface area contributed by atoms with Crippen molar-refractivity contribution in [1.82, 2.24) is 0 Å². The highest BCUT2D eigenvalue weighted by Crippen LogP contribution is 2.31. The summed E-state index contributed by atoms with van der Waals surface area (Å²) in [5.41, 5.74) is -0.659. The lowest BCUT2D eigenvalue weighted by molar-refractivity contribution is -0.121. The first kappa shape index (κ1) is 20.3. The van der Waals surface area contributed by atoms with Crippen molar-refractivity contribution in [2.45, 2.75) is 9.79 Å². The van der Waals surface area contributed by atoms with Crippen LogP contribution in [0.5, 0.6) is 0 Å². The number of carbonyl (C=O) groups excluding carboxylic acids is 4. The maximum Gasteiger partial charge on any atom is 0.258 e. The van der Waals surface area contributed by atoms with Crippen molar-refractivity contribution in [2.24, 2.45) is 0 Å². The van der Waals surface area contributed by atoms with Gasteiger partial charge in [0.2, 0.25) is 9.84 Å². The van der Waals surface area contributed by atoms with Crippen LogP contribution in [0.2, 0.25) is 0 Å². The molecule has 0 spiro atoms. The molecule has 2 aromatic rings. The molecule has 2 aliphatic rings. The first-order chi connectivity index (χ1) is 14.6. The second kappa shape index (κ2) is 7.06. The zero-order valence-corrected chi connectivity index (χ0v) is 16.1. The van der Waals surface area contributed by atoms with Gasteiger partial charge in [-0.3, -0.25) is 19.2 Å². The second-order valence-electron chi connectivity index (χ2n) is 6.48. The van der Waals surface area contributed by atoms with Gasteiger partial charge in [-0.2, -0.15) is 0 Å². The van der Waals surface area contributed by atoms with Crippen molar-refractivity contribution in [2.75, 3.05) is 9.80 Å². The van der Waals surface area contributed by atoms with Gasteiger partial charge < -0.3 is 0 Å². The minimum absolute atomic E-state index is 0.329. The average molecular weight is 444 g/mol. The van der Waals surface area contributed by atoms with E-state index >= 15 is 0 Å². The van der Waals surface area contributed by atoms with E-state index in [1.807, 2.05) is 0 Å². The SMILES string of the molecule is O=C1C=CC(=O)N1c1cc(F)cc(S(=O)(=O)c2cc(F)cc(N3C(=O)C=CC3=O)c2)c1. The smallest absolute Gasteiger partial charge is 0.258 e. The Hall–Kier alpha value is -3.99. The van der Waals surface area contributed by atoms with Crippen molar-refractivity contribution < 1.29 is 36.4 Å². The Bertz CT molecular complexity index is 1230. The van der Waals surface area contributed by atoms with Crippen molar-refractivity contribution in [3.8, 4) is 0 Å². The lowest BCUT2D eigenvalue weighted by atomic mass is 10.3. The fourth-order valence-corrected chi connectivity index (χ4v) is 4.47. The van der Waals surface area contributed by atoms with E-state index in [1.54, 1.807) is 0 Å². The number of rotatable bonds is 4. The Balaban J connectivity index is 1.81. The van der Waals surface area contributed by atoms with E-state index in [4.69, 9.17) is 0 Å². The quantitative estimate of drug-likeness (QED) is 0.664. The van der Waals surface area contributed by atoms with E-state index in [9.17, 15) is 36.4 Å². The summed E-state index contributed by atoms with van der Waals surface area (Å²) in [5, 5.41) is 0. The number of imide groups is 2. The van der Waals surface area contributed by atoms with E-state index in [0.29, 0.717) is 21.9 Å². The van der Waals surface area contributed by atoms with Crippen LogP contribution >= 0.6 is 0 Å². The van der Waals surface area contributed by atoms with Crippen LogP contribution < -0.4 is 9.80 Å². The molecule has 11 heteroatoms. The standard InChI is InChI=1S/C20H10F2N2O6S/c21-11-5-13(23-17(25)1-2-18(23)26)9-15(7-11)31(29,30)16-8-12(22)6-14(10-16)24-19(27)3-4-20(24)28/h1-10H. The summed E-state index contributed by atoms with van der Waals surface area (Å²) >= 11 is 0. The molecule has 8 nitrogen and oxygen atoms in total. The number of sulfone groups is 1. The fraction of sp³-hybridized carbons (Fsp3) is 0. The third-order valence-corrected chi connectivity index (χ3v) is 6.18. The molecule has 0 atom stereocenters. The summed E-state index contributed by atoms with van der Waals surface area (Å²) in [4.78, 5) is 47.2. The minimum atomic E-state index is -4.58. The molecule has 156 valence electrons. The number of hydrogen-bond donors (Lipinski definition) is 0. The topological polar surface area (TPSA) is 109 Å². The predicted molar refractivity (Wildman–Crippen MR) is 102 cm³/mol. The molecule has 0 radical (unpaired) electrons. The molecule has 0 bridgehead atoms. The monoisotopic (exact) mass is 444 g/mol. The number of halogens is 2. The zero-order chi connectivity index (χ0) is 22.5. The van der Waals surface area contributed by atoms with Gasteiger partial charge >= 0.3 is 0 Å². The van der Waals surface area contributed by atoms with E-state index in [-0.39, 0.29) is 11.4 Å². The van der Waals surface area contributed by atoms with Gasteiger partial charge in [0.25, 0.3) is 23.6 Å². The zero-order valence-electron chi connectivity index (χ0n) is 15.3. The van der Waals surface area contributed by atoms with Gasteiger partial charge in [0.05, 0.1) is 21.2 Å². The van der Waals surface area contributed by atoms with E-state index < -0.39 is 54.9 Å². The van der Waals surface area contributed by atoms with Crippen LogP contribution in [0.25, 0.3) is 0 Å². The largest absolute Gasteiger partial charge is 0.269 e. The molecule has 4 rings (SSSR count). The second-order valence-corrected chi connectivity index (χ2v) is 8.43. The molecule has 0 aliphatic carbocycles. The maximum absolute atomic E-state index is 14.2. The highest BCUT2D eigenvalue weighted by Gasteiger charge is 2.30. The number of amides is 4. The van der Waals surface area contributed by atoms with Crippen molar-refractivity contribution in [1.29, 1.82) is 0 Å². The Morgan fingerprint density at radius 2 is 0.871 bits per heavy atom. The van der Waals surface area contributed by atoms with Crippen LogP contribution in [0, 0.1) is 11.6 Å². The number of nitrogens with zero attached hydrogens (tertiary/aromatic N) is 2. The summed E-state index contributed by atoms with van der Waals surface area (Å²) < 4.78 is 54.5. The Kier molecular flexibility index (Phi) is 4.62. The van der Waals surface area contributed by atoms with Crippen molar-refractivity contribution in [3.63, 3.8) is 0 Å². The minimum Gasteiger partial charge on any atom is -0.269 e. The first-order valence-corrected chi connectivity index (χ1v) is 10.0. The van der Waals surface area contributed by atoms with Gasteiger partial charge in [0.1, 0.15) is 11.6 Å². The fourth-order valence-electron chi connectivity index (χ4n) is 3.11. The van der Waals surface area contributed by atoms with Crippen molar-refractivity contribution in [3.05, 3.63) is 72.3 Å². The highest BCUT2D eigenvalue weighted by atomic mass is 32.2. The van der Waals surface area contributed by atoms with E-state index in [1.165, 1.54) is 0 Å². The third kappa shape index (κ3) is 3.44. The van der Waals surface area contributed by atoms with Gasteiger partial charge in [0, 0.05) is 24.3 Å². The molecule has 0 fully saturated rings. The van der Waals surface area contributed by atoms with Gasteiger partial charge in [-0.1, -0.05) is 0 Å². The molecule has 0 saturated heterocycles. The van der Waals surface area contributed by atoms with E-state index in [0.717, 1.165) is 48.6 Å². The average Bonchev–Trinajstić information content (AvgIpc) is 3.21. The molecule has 0 unspecified atom stereocenters. The van der Waals surface area contributed by atoms with Crippen LogP contribution in [0.3, 0.4) is 0 Å². The summed E-state index contributed by atoms with van der Waals surface area (Å²) in [7, 11) is -4.58. The Labute approximate surface area is 173 Å². The first-order valence-electron chi connectivity index (χ1n) is 8.56. The maximum atomic E-state index is 14.2. The summed E-state index contributed by atoms with van der Waals surface area (Å²) in [6.45, 7) is 0. The Morgan fingerprint density at radius 1 is 0.548 bits per heavy atom. The lowest BCUT2D eigenvalue weighted by Gasteiger charge is -2.17. The lowest BCUT2D eigenvalue weighted by Crippen LogP contribution is -2.30. The van der Waals surface area contributed by atoms with Gasteiger partial charge in [-0.25, -0.2) is 27.0 Å². The van der Waals surface area contributed by atoms with Crippen molar-refractivity contribution >= 4 is 44.8 Å². The van der Waals surface area contributed by atoms with Crippen LogP contribution in [-0.2, 0) is 29.0 Å². The molecule has 31 heavy (non-hydrogen) atoms. The number of hydrogen-bond acceptors (Lipinski definition) is 6. The van der Waals surface area contributed by atoms with Crippen LogP contribution in [-0.4, -0.2) is 32.0 Å². The van der Waals surface area contributed by atoms with Gasteiger partial charge in [-0.15, -0.1) is 0 Å². The molecular weight excluding hydrogens is 434 g/mol. The Morgan fingerprint density at radius 3 is 1.19 bits per heavy atom. The van der Waals surface area contributed by atoms with Gasteiger partial charge in [0.15, 0.2) is 0 Å². The predicted octanol–water partition coefficient (Wildman–Crippen LogP) is 1.66. The van der Waals surface area contributed by atoms with Crippen LogP contribution in [0.4, 0.5) is 20.2 Å². The normalized spacial score (nSPS) is 16.2. The molecule has 0 saturated carbocycles. The van der Waals surface area contributed by atoms with E-state index in [2.05, 4.69) is 0 Å².